The minimum atomic E-state index is -0.637. The van der Waals surface area contributed by atoms with E-state index in [-0.39, 0.29) is 24.0 Å². The Morgan fingerprint density at radius 2 is 2.28 bits per heavy atom. The van der Waals surface area contributed by atoms with Crippen molar-refractivity contribution in [3.8, 4) is 5.75 Å². The summed E-state index contributed by atoms with van der Waals surface area (Å²) in [4.78, 5) is 26.1. The molecule has 0 radical (unpaired) electrons. The molecule has 0 saturated carbocycles. The fourth-order valence-electron chi connectivity index (χ4n) is 2.73. The standard InChI is InChI=1S/C19H19ClN6O5S/c1-3-31-17(27)7-14-11-32-19(22-14)23-21-8-12-4-5-16(30-2)13(6-12)9-25-10-15(20)18(24-25)26(28)29/h4-6,8,10-11H,3,7,9H2,1-2H3,(H,22,23). The molecule has 0 aliphatic carbocycles. The lowest BCUT2D eigenvalue weighted by molar-refractivity contribution is -0.389. The second-order valence-corrected chi connectivity index (χ2v) is 7.59. The largest absolute Gasteiger partial charge is 0.496 e. The van der Waals surface area contributed by atoms with Crippen molar-refractivity contribution in [1.29, 1.82) is 0 Å². The fourth-order valence-corrected chi connectivity index (χ4v) is 3.61. The van der Waals surface area contributed by atoms with Gasteiger partial charge >= 0.3 is 11.8 Å². The van der Waals surface area contributed by atoms with Gasteiger partial charge in [0.1, 0.15) is 5.75 Å². The molecule has 1 aromatic carbocycles. The van der Waals surface area contributed by atoms with Gasteiger partial charge in [0.15, 0.2) is 5.02 Å². The van der Waals surface area contributed by atoms with Crippen LogP contribution in [-0.2, 0) is 22.5 Å². The number of hydrazone groups is 1. The van der Waals surface area contributed by atoms with Gasteiger partial charge in [-0.25, -0.2) is 4.98 Å². The van der Waals surface area contributed by atoms with Crippen molar-refractivity contribution in [2.75, 3.05) is 19.1 Å². The van der Waals surface area contributed by atoms with Gasteiger partial charge in [-0.2, -0.15) is 9.78 Å². The Kier molecular flexibility index (Phi) is 7.73. The molecule has 2 aromatic heterocycles. The number of esters is 1. The number of nitro groups is 1. The molecule has 3 aromatic rings. The highest BCUT2D eigenvalue weighted by molar-refractivity contribution is 7.13. The molecule has 0 bridgehead atoms. The van der Waals surface area contributed by atoms with Crippen molar-refractivity contribution in [2.24, 2.45) is 5.10 Å². The van der Waals surface area contributed by atoms with Crippen LogP contribution in [0.5, 0.6) is 5.75 Å². The van der Waals surface area contributed by atoms with Crippen LogP contribution in [0.4, 0.5) is 10.9 Å². The highest BCUT2D eigenvalue weighted by Crippen LogP contribution is 2.25. The number of hydrogen-bond donors (Lipinski definition) is 1. The molecule has 0 spiro atoms. The summed E-state index contributed by atoms with van der Waals surface area (Å²) in [5.74, 6) is -0.145. The molecular formula is C19H19ClN6O5S. The number of aromatic nitrogens is 3. The normalized spacial score (nSPS) is 11.0. The maximum absolute atomic E-state index is 11.5. The summed E-state index contributed by atoms with van der Waals surface area (Å²) in [5.41, 5.74) is 4.91. The summed E-state index contributed by atoms with van der Waals surface area (Å²) in [6.07, 6.45) is 3.08. The fraction of sp³-hybridized carbons (Fsp3) is 0.263. The highest BCUT2D eigenvalue weighted by Gasteiger charge is 2.20. The average Bonchev–Trinajstić information content (AvgIpc) is 3.34. The smallest absolute Gasteiger partial charge is 0.408 e. The average molecular weight is 479 g/mol. The molecular weight excluding hydrogens is 460 g/mol. The minimum absolute atomic E-state index is 0.0401. The van der Waals surface area contributed by atoms with E-state index in [1.165, 1.54) is 29.3 Å². The molecule has 13 heteroatoms. The summed E-state index contributed by atoms with van der Waals surface area (Å²) in [6, 6.07) is 5.39. The van der Waals surface area contributed by atoms with Crippen LogP contribution in [0.1, 0.15) is 23.7 Å². The monoisotopic (exact) mass is 478 g/mol. The zero-order chi connectivity index (χ0) is 23.1. The van der Waals surface area contributed by atoms with E-state index in [9.17, 15) is 14.9 Å². The van der Waals surface area contributed by atoms with E-state index in [0.717, 1.165) is 11.1 Å². The molecule has 0 amide bonds. The Balaban J connectivity index is 1.68. The lowest BCUT2D eigenvalue weighted by Gasteiger charge is -2.08. The Hall–Kier alpha value is -3.51. The molecule has 0 saturated heterocycles. The minimum Gasteiger partial charge on any atom is -0.496 e. The number of methoxy groups -OCH3 is 1. The van der Waals surface area contributed by atoms with Crippen LogP contribution in [0.2, 0.25) is 5.02 Å². The number of rotatable bonds is 10. The Bertz CT molecular complexity index is 1150. The van der Waals surface area contributed by atoms with E-state index in [2.05, 4.69) is 20.6 Å². The van der Waals surface area contributed by atoms with Crippen molar-refractivity contribution in [2.45, 2.75) is 19.9 Å². The molecule has 2 heterocycles. The number of benzene rings is 1. The zero-order valence-corrected chi connectivity index (χ0v) is 18.7. The van der Waals surface area contributed by atoms with Crippen molar-refractivity contribution in [1.82, 2.24) is 14.8 Å². The van der Waals surface area contributed by atoms with Gasteiger partial charge in [0.2, 0.25) is 5.13 Å². The van der Waals surface area contributed by atoms with Gasteiger partial charge in [0, 0.05) is 10.9 Å². The van der Waals surface area contributed by atoms with Crippen molar-refractivity contribution in [3.63, 3.8) is 0 Å². The van der Waals surface area contributed by atoms with E-state index < -0.39 is 10.7 Å². The van der Waals surface area contributed by atoms with Gasteiger partial charge < -0.3 is 19.6 Å². The van der Waals surface area contributed by atoms with Gasteiger partial charge in [-0.05, 0) is 35.6 Å². The van der Waals surface area contributed by atoms with Crippen LogP contribution in [0.15, 0.2) is 34.9 Å². The number of carbonyl (C=O) groups excluding carboxylic acids is 1. The first-order chi connectivity index (χ1) is 15.4. The number of anilines is 1. The van der Waals surface area contributed by atoms with Gasteiger partial charge in [0.05, 0.1) is 49.9 Å². The van der Waals surface area contributed by atoms with E-state index in [0.29, 0.717) is 23.2 Å². The molecule has 168 valence electrons. The van der Waals surface area contributed by atoms with Crippen LogP contribution < -0.4 is 10.2 Å². The highest BCUT2D eigenvalue weighted by atomic mass is 35.5. The molecule has 0 unspecified atom stereocenters. The Morgan fingerprint density at radius 1 is 1.47 bits per heavy atom. The summed E-state index contributed by atoms with van der Waals surface area (Å²) in [5, 5.41) is 21.3. The molecule has 3 rings (SSSR count). The van der Waals surface area contributed by atoms with Gasteiger partial charge in [-0.3, -0.25) is 10.2 Å². The number of halogens is 1. The maximum Gasteiger partial charge on any atom is 0.408 e. The van der Waals surface area contributed by atoms with Crippen LogP contribution in [0.3, 0.4) is 0 Å². The first-order valence-corrected chi connectivity index (χ1v) is 10.6. The molecule has 11 nitrogen and oxygen atoms in total. The third kappa shape index (κ3) is 6.02. The number of carbonyl (C=O) groups is 1. The van der Waals surface area contributed by atoms with E-state index in [1.807, 2.05) is 6.07 Å². The van der Waals surface area contributed by atoms with Crippen LogP contribution >= 0.6 is 22.9 Å². The SMILES string of the molecule is CCOC(=O)Cc1csc(NN=Cc2ccc(OC)c(Cn3cc(Cl)c([N+](=O)[O-])n3)c2)n1. The Labute approximate surface area is 191 Å². The molecule has 0 aliphatic rings. The lowest BCUT2D eigenvalue weighted by Crippen LogP contribution is -2.07. The first-order valence-electron chi connectivity index (χ1n) is 9.33. The van der Waals surface area contributed by atoms with Gasteiger partial charge in [-0.15, -0.1) is 11.3 Å². The van der Waals surface area contributed by atoms with Crippen molar-refractivity contribution < 1.29 is 19.2 Å². The molecule has 0 fully saturated rings. The second kappa shape index (κ2) is 10.7. The van der Waals surface area contributed by atoms with Gasteiger partial charge in [0.25, 0.3) is 0 Å². The lowest BCUT2D eigenvalue weighted by atomic mass is 10.1. The Morgan fingerprint density at radius 3 is 2.97 bits per heavy atom. The summed E-state index contributed by atoms with van der Waals surface area (Å²) in [6.45, 7) is 2.29. The number of nitrogens with zero attached hydrogens (tertiary/aromatic N) is 5. The molecule has 1 N–H and O–H groups in total. The van der Waals surface area contributed by atoms with Crippen molar-refractivity contribution >= 4 is 46.1 Å². The number of ether oxygens (including phenoxy) is 2. The van der Waals surface area contributed by atoms with E-state index in [4.69, 9.17) is 21.1 Å². The molecule has 0 aliphatic heterocycles. The third-order valence-electron chi connectivity index (χ3n) is 4.07. The summed E-state index contributed by atoms with van der Waals surface area (Å²) in [7, 11) is 1.53. The predicted octanol–water partition coefficient (Wildman–Crippen LogP) is 3.51. The van der Waals surface area contributed by atoms with E-state index in [1.54, 1.807) is 30.7 Å². The summed E-state index contributed by atoms with van der Waals surface area (Å²) < 4.78 is 11.6. The van der Waals surface area contributed by atoms with Crippen LogP contribution in [0, 0.1) is 10.1 Å². The number of thiazole rings is 1. The topological polar surface area (TPSA) is 134 Å². The summed E-state index contributed by atoms with van der Waals surface area (Å²) >= 11 is 7.19. The zero-order valence-electron chi connectivity index (χ0n) is 17.1. The third-order valence-corrected chi connectivity index (χ3v) is 5.13. The van der Waals surface area contributed by atoms with Gasteiger partial charge in [-0.1, -0.05) is 11.6 Å². The molecule has 0 atom stereocenters. The van der Waals surface area contributed by atoms with Crippen molar-refractivity contribution in [3.05, 3.63) is 61.7 Å². The first kappa shape index (κ1) is 23.2. The predicted molar refractivity (Wildman–Crippen MR) is 120 cm³/mol. The van der Waals surface area contributed by atoms with Crippen LogP contribution in [-0.4, -0.2) is 45.6 Å². The quantitative estimate of drug-likeness (QED) is 0.202. The van der Waals surface area contributed by atoms with E-state index >= 15 is 0 Å². The maximum atomic E-state index is 11.5. The second-order valence-electron chi connectivity index (χ2n) is 6.32. The number of hydrogen-bond acceptors (Lipinski definition) is 10. The number of nitrogens with one attached hydrogen (secondary N) is 1. The molecule has 32 heavy (non-hydrogen) atoms. The van der Waals surface area contributed by atoms with Crippen LogP contribution in [0.25, 0.3) is 0 Å².